The van der Waals surface area contributed by atoms with Crippen LogP contribution in [0, 0.1) is 0 Å². The van der Waals surface area contributed by atoms with Gasteiger partial charge in [0.15, 0.2) is 0 Å². The van der Waals surface area contributed by atoms with E-state index in [0.717, 1.165) is 18.7 Å². The maximum atomic E-state index is 12.2. The van der Waals surface area contributed by atoms with Crippen molar-refractivity contribution in [3.8, 4) is 11.3 Å². The summed E-state index contributed by atoms with van der Waals surface area (Å²) in [5, 5.41) is 7.78. The predicted octanol–water partition coefficient (Wildman–Crippen LogP) is 2.46. The van der Waals surface area contributed by atoms with Crippen LogP contribution in [0.5, 0.6) is 0 Å². The molecule has 1 amide bonds. The van der Waals surface area contributed by atoms with Gasteiger partial charge in [-0.1, -0.05) is 28.9 Å². The Kier molecular flexibility index (Phi) is 5.22. The molecule has 1 N–H and O–H groups in total. The van der Waals surface area contributed by atoms with Crippen molar-refractivity contribution in [2.24, 2.45) is 0 Å². The number of nitrogens with one attached hydrogen (secondary N) is 1. The third kappa shape index (κ3) is 3.56. The molecule has 1 aliphatic rings. The van der Waals surface area contributed by atoms with E-state index >= 15 is 0 Å². The molecule has 1 aromatic heterocycles. The summed E-state index contributed by atoms with van der Waals surface area (Å²) in [4.78, 5) is 14.0. The van der Waals surface area contributed by atoms with Crippen molar-refractivity contribution >= 4 is 29.9 Å². The summed E-state index contributed by atoms with van der Waals surface area (Å²) >= 11 is 5.95. The van der Waals surface area contributed by atoms with Crippen molar-refractivity contribution in [2.75, 3.05) is 26.2 Å². The molecule has 1 fully saturated rings. The Labute approximate surface area is 133 Å². The highest BCUT2D eigenvalue weighted by molar-refractivity contribution is 6.30. The number of carbonyl (C=O) groups is 1. The van der Waals surface area contributed by atoms with Crippen LogP contribution in [0.15, 0.2) is 34.9 Å². The molecule has 112 valence electrons. The lowest BCUT2D eigenvalue weighted by atomic mass is 10.1. The van der Waals surface area contributed by atoms with E-state index < -0.39 is 0 Å². The van der Waals surface area contributed by atoms with Gasteiger partial charge >= 0.3 is 0 Å². The zero-order valence-corrected chi connectivity index (χ0v) is 12.8. The molecule has 1 aromatic carbocycles. The highest BCUT2D eigenvalue weighted by Crippen LogP contribution is 2.23. The Morgan fingerprint density at radius 2 is 2.05 bits per heavy atom. The first kappa shape index (κ1) is 15.8. The molecule has 0 saturated carbocycles. The van der Waals surface area contributed by atoms with Gasteiger partial charge in [0.1, 0.15) is 5.69 Å². The highest BCUT2D eigenvalue weighted by Gasteiger charge is 2.22. The lowest BCUT2D eigenvalue weighted by molar-refractivity contribution is 0.0694. The van der Waals surface area contributed by atoms with E-state index in [1.807, 2.05) is 12.1 Å². The van der Waals surface area contributed by atoms with Crippen LogP contribution in [0.3, 0.4) is 0 Å². The first-order valence-corrected chi connectivity index (χ1v) is 6.84. The fourth-order valence-corrected chi connectivity index (χ4v) is 2.37. The summed E-state index contributed by atoms with van der Waals surface area (Å²) in [6, 6.07) is 8.96. The summed E-state index contributed by atoms with van der Waals surface area (Å²) in [5.74, 6) is 0.147. The average Bonchev–Trinajstić information content (AvgIpc) is 2.97. The van der Waals surface area contributed by atoms with Crippen LogP contribution in [0.4, 0.5) is 0 Å². The van der Waals surface area contributed by atoms with E-state index in [9.17, 15) is 4.79 Å². The Morgan fingerprint density at radius 3 is 2.76 bits per heavy atom. The fourth-order valence-electron chi connectivity index (χ4n) is 2.18. The minimum absolute atomic E-state index is 0. The first-order chi connectivity index (χ1) is 9.74. The molecule has 0 bridgehead atoms. The summed E-state index contributed by atoms with van der Waals surface area (Å²) in [6.45, 7) is 2.99. The van der Waals surface area contributed by atoms with Crippen LogP contribution in [-0.4, -0.2) is 42.1 Å². The minimum Gasteiger partial charge on any atom is -0.350 e. The monoisotopic (exact) mass is 327 g/mol. The van der Waals surface area contributed by atoms with Crippen molar-refractivity contribution in [1.29, 1.82) is 0 Å². The van der Waals surface area contributed by atoms with Gasteiger partial charge in [0.2, 0.25) is 5.76 Å². The van der Waals surface area contributed by atoms with Crippen molar-refractivity contribution in [3.05, 3.63) is 41.1 Å². The summed E-state index contributed by atoms with van der Waals surface area (Å²) in [5.41, 5.74) is 1.45. The minimum atomic E-state index is -0.118. The average molecular weight is 328 g/mol. The van der Waals surface area contributed by atoms with E-state index in [2.05, 4.69) is 10.5 Å². The Bertz CT molecular complexity index is 624. The number of aromatic nitrogens is 1. The maximum absolute atomic E-state index is 12.2. The number of benzene rings is 1. The summed E-state index contributed by atoms with van der Waals surface area (Å²) in [7, 11) is 0. The molecule has 0 radical (unpaired) electrons. The van der Waals surface area contributed by atoms with Crippen molar-refractivity contribution < 1.29 is 9.32 Å². The molecule has 2 heterocycles. The number of nitrogens with zero attached hydrogens (tertiary/aromatic N) is 2. The zero-order valence-electron chi connectivity index (χ0n) is 11.2. The standard InChI is InChI=1S/C14H14ClN3O2.ClH/c15-11-3-1-2-10(8-11)12-9-13(20-17-12)14(19)18-6-4-16-5-7-18;/h1-3,8-9,16H,4-7H2;1H. The van der Waals surface area contributed by atoms with E-state index in [-0.39, 0.29) is 24.1 Å². The van der Waals surface area contributed by atoms with Gasteiger partial charge in [-0.3, -0.25) is 4.79 Å². The molecule has 0 unspecified atom stereocenters. The molecule has 0 aliphatic carbocycles. The summed E-state index contributed by atoms with van der Waals surface area (Å²) < 4.78 is 5.17. The lowest BCUT2D eigenvalue weighted by Gasteiger charge is -2.26. The molecule has 3 rings (SSSR count). The second-order valence-corrected chi connectivity index (χ2v) is 5.07. The van der Waals surface area contributed by atoms with E-state index in [4.69, 9.17) is 16.1 Å². The molecule has 7 heteroatoms. The molecule has 0 spiro atoms. The van der Waals surface area contributed by atoms with Gasteiger partial charge < -0.3 is 14.7 Å². The zero-order chi connectivity index (χ0) is 13.9. The van der Waals surface area contributed by atoms with Gasteiger partial charge in [0, 0.05) is 42.8 Å². The molecular weight excluding hydrogens is 313 g/mol. The Balaban J connectivity index is 0.00000161. The number of rotatable bonds is 2. The number of carbonyl (C=O) groups excluding carboxylic acids is 1. The second kappa shape index (κ2) is 6.93. The van der Waals surface area contributed by atoms with Crippen molar-refractivity contribution in [2.45, 2.75) is 0 Å². The number of amides is 1. The number of halogens is 2. The maximum Gasteiger partial charge on any atom is 0.292 e. The molecule has 1 saturated heterocycles. The van der Waals surface area contributed by atoms with Crippen LogP contribution in [0.1, 0.15) is 10.6 Å². The number of hydrogen-bond acceptors (Lipinski definition) is 4. The smallest absolute Gasteiger partial charge is 0.292 e. The van der Waals surface area contributed by atoms with Crippen molar-refractivity contribution in [3.63, 3.8) is 0 Å². The van der Waals surface area contributed by atoms with E-state index in [0.29, 0.717) is 23.8 Å². The van der Waals surface area contributed by atoms with Gasteiger partial charge in [0.05, 0.1) is 0 Å². The number of hydrogen-bond donors (Lipinski definition) is 1. The van der Waals surface area contributed by atoms with Gasteiger partial charge in [-0.25, -0.2) is 0 Å². The summed E-state index contributed by atoms with van der Waals surface area (Å²) in [6.07, 6.45) is 0. The van der Waals surface area contributed by atoms with Crippen molar-refractivity contribution in [1.82, 2.24) is 15.4 Å². The largest absolute Gasteiger partial charge is 0.350 e. The van der Waals surface area contributed by atoms with Crippen LogP contribution >= 0.6 is 24.0 Å². The van der Waals surface area contributed by atoms with Gasteiger partial charge in [-0.05, 0) is 12.1 Å². The van der Waals surface area contributed by atoms with Crippen LogP contribution in [0.2, 0.25) is 5.02 Å². The SMILES string of the molecule is Cl.O=C(c1cc(-c2cccc(Cl)c2)no1)N1CCNCC1. The Morgan fingerprint density at radius 1 is 1.29 bits per heavy atom. The lowest BCUT2D eigenvalue weighted by Crippen LogP contribution is -2.46. The third-order valence-corrected chi connectivity index (χ3v) is 3.48. The fraction of sp³-hybridized carbons (Fsp3) is 0.286. The van der Waals surface area contributed by atoms with Gasteiger partial charge in [-0.15, -0.1) is 12.4 Å². The van der Waals surface area contributed by atoms with Crippen LogP contribution < -0.4 is 5.32 Å². The molecule has 1 aliphatic heterocycles. The van der Waals surface area contributed by atoms with Crippen LogP contribution in [-0.2, 0) is 0 Å². The quantitative estimate of drug-likeness (QED) is 0.920. The molecular formula is C14H15Cl2N3O2. The Hall–Kier alpha value is -1.56. The topological polar surface area (TPSA) is 58.4 Å². The number of piperazine rings is 1. The van der Waals surface area contributed by atoms with E-state index in [1.165, 1.54) is 0 Å². The molecule has 5 nitrogen and oxygen atoms in total. The predicted molar refractivity (Wildman–Crippen MR) is 83.0 cm³/mol. The second-order valence-electron chi connectivity index (χ2n) is 4.63. The molecule has 21 heavy (non-hydrogen) atoms. The van der Waals surface area contributed by atoms with Gasteiger partial charge in [-0.2, -0.15) is 0 Å². The van der Waals surface area contributed by atoms with Gasteiger partial charge in [0.25, 0.3) is 5.91 Å². The third-order valence-electron chi connectivity index (χ3n) is 3.25. The highest BCUT2D eigenvalue weighted by atomic mass is 35.5. The molecule has 2 aromatic rings. The van der Waals surface area contributed by atoms with Crippen LogP contribution in [0.25, 0.3) is 11.3 Å². The van der Waals surface area contributed by atoms with E-state index in [1.54, 1.807) is 23.1 Å². The normalized spacial score (nSPS) is 14.6. The molecule has 0 atom stereocenters. The first-order valence-electron chi connectivity index (χ1n) is 6.47.